The minimum absolute atomic E-state index is 0.115. The van der Waals surface area contributed by atoms with Gasteiger partial charge in [-0.05, 0) is 31.3 Å². The Kier molecular flexibility index (Phi) is 4.49. The molecule has 21 heavy (non-hydrogen) atoms. The van der Waals surface area contributed by atoms with Gasteiger partial charge in [-0.1, -0.05) is 6.07 Å². The summed E-state index contributed by atoms with van der Waals surface area (Å²) >= 11 is 5.00. The first-order valence-electron chi connectivity index (χ1n) is 6.02. The van der Waals surface area contributed by atoms with E-state index in [2.05, 4.69) is 15.3 Å². The lowest BCUT2D eigenvalue weighted by molar-refractivity contribution is 0.354. The zero-order valence-electron chi connectivity index (χ0n) is 11.8. The fourth-order valence-corrected chi connectivity index (χ4v) is 1.89. The van der Waals surface area contributed by atoms with Crippen LogP contribution in [0.15, 0.2) is 28.1 Å². The highest BCUT2D eigenvalue weighted by Crippen LogP contribution is 2.29. The van der Waals surface area contributed by atoms with Gasteiger partial charge >= 0.3 is 0 Å². The number of para-hydroxylation sites is 1. The summed E-state index contributed by atoms with van der Waals surface area (Å²) in [6.45, 7) is 1.58. The maximum atomic E-state index is 11.9. The number of hydrogen-bond acceptors (Lipinski definition) is 6. The van der Waals surface area contributed by atoms with Gasteiger partial charge in [0.05, 0.1) is 20.4 Å². The Bertz CT molecular complexity index is 795. The normalized spacial score (nSPS) is 10.8. The van der Waals surface area contributed by atoms with Gasteiger partial charge in [0.15, 0.2) is 11.5 Å². The van der Waals surface area contributed by atoms with Crippen molar-refractivity contribution in [1.82, 2.24) is 14.9 Å². The Morgan fingerprint density at radius 3 is 2.81 bits per heavy atom. The molecule has 0 amide bonds. The van der Waals surface area contributed by atoms with Crippen LogP contribution in [0.2, 0.25) is 0 Å². The molecule has 0 fully saturated rings. The zero-order chi connectivity index (χ0) is 15.4. The summed E-state index contributed by atoms with van der Waals surface area (Å²) < 4.78 is 11.7. The molecule has 2 rings (SSSR count). The van der Waals surface area contributed by atoms with Gasteiger partial charge in [-0.25, -0.2) is 0 Å². The average Bonchev–Trinajstić information content (AvgIpc) is 2.50. The molecule has 0 aliphatic carbocycles. The Morgan fingerprint density at radius 2 is 2.14 bits per heavy atom. The lowest BCUT2D eigenvalue weighted by atomic mass is 10.2. The molecule has 0 spiro atoms. The molecule has 0 bridgehead atoms. The first-order valence-corrected chi connectivity index (χ1v) is 6.43. The van der Waals surface area contributed by atoms with Crippen LogP contribution in [0.25, 0.3) is 0 Å². The molecule has 1 aromatic carbocycles. The standard InChI is InChI=1S/C13H14N4O3S/c1-8-12(18)17(13(21)16-15-8)14-7-9-5-4-6-10(19-2)11(9)20-3/h4-7H,1-3H3,(H,16,21)/b14-7+. The van der Waals surface area contributed by atoms with Crippen LogP contribution in [0, 0.1) is 11.7 Å². The third-order valence-electron chi connectivity index (χ3n) is 2.76. The Labute approximate surface area is 125 Å². The average molecular weight is 306 g/mol. The van der Waals surface area contributed by atoms with E-state index in [1.807, 2.05) is 0 Å². The van der Waals surface area contributed by atoms with E-state index >= 15 is 0 Å². The van der Waals surface area contributed by atoms with Gasteiger partial charge < -0.3 is 9.47 Å². The summed E-state index contributed by atoms with van der Waals surface area (Å²) in [6.07, 6.45) is 1.48. The van der Waals surface area contributed by atoms with Gasteiger partial charge in [0.25, 0.3) is 5.56 Å². The summed E-state index contributed by atoms with van der Waals surface area (Å²) in [5.74, 6) is 1.10. The minimum atomic E-state index is -0.378. The number of nitrogens with one attached hydrogen (secondary N) is 1. The highest BCUT2D eigenvalue weighted by atomic mass is 32.1. The third-order valence-corrected chi connectivity index (χ3v) is 3.02. The van der Waals surface area contributed by atoms with Crippen molar-refractivity contribution in [2.45, 2.75) is 6.92 Å². The molecular formula is C13H14N4O3S. The fraction of sp³-hybridized carbons (Fsp3) is 0.231. The van der Waals surface area contributed by atoms with E-state index in [0.29, 0.717) is 17.1 Å². The van der Waals surface area contributed by atoms with Gasteiger partial charge in [0.1, 0.15) is 5.69 Å². The van der Waals surface area contributed by atoms with Crippen LogP contribution in [-0.4, -0.2) is 35.3 Å². The molecule has 7 nitrogen and oxygen atoms in total. The number of hydrogen-bond donors (Lipinski definition) is 1. The molecule has 0 aliphatic heterocycles. The van der Waals surface area contributed by atoms with Crippen molar-refractivity contribution in [2.24, 2.45) is 5.10 Å². The number of aromatic amines is 1. The van der Waals surface area contributed by atoms with E-state index in [0.717, 1.165) is 4.68 Å². The van der Waals surface area contributed by atoms with E-state index in [1.165, 1.54) is 13.3 Å². The molecule has 1 heterocycles. The Hall–Kier alpha value is -2.48. The van der Waals surface area contributed by atoms with Crippen LogP contribution in [0.4, 0.5) is 0 Å². The number of aromatic nitrogens is 3. The highest BCUT2D eigenvalue weighted by molar-refractivity contribution is 7.71. The molecular weight excluding hydrogens is 292 g/mol. The maximum absolute atomic E-state index is 11.9. The van der Waals surface area contributed by atoms with Gasteiger partial charge in [-0.2, -0.15) is 14.9 Å². The van der Waals surface area contributed by atoms with Crippen LogP contribution in [0.3, 0.4) is 0 Å². The number of benzene rings is 1. The maximum Gasteiger partial charge on any atom is 0.296 e. The molecule has 0 unspecified atom stereocenters. The minimum Gasteiger partial charge on any atom is -0.493 e. The summed E-state index contributed by atoms with van der Waals surface area (Å²) in [6, 6.07) is 5.35. The first-order chi connectivity index (χ1) is 10.1. The molecule has 0 atom stereocenters. The van der Waals surface area contributed by atoms with Crippen molar-refractivity contribution in [1.29, 1.82) is 0 Å². The largest absolute Gasteiger partial charge is 0.493 e. The summed E-state index contributed by atoms with van der Waals surface area (Å²) in [4.78, 5) is 11.9. The number of H-pyrrole nitrogens is 1. The molecule has 1 aromatic heterocycles. The predicted octanol–water partition coefficient (Wildman–Crippen LogP) is 1.51. The van der Waals surface area contributed by atoms with Gasteiger partial charge in [-0.15, -0.1) is 0 Å². The van der Waals surface area contributed by atoms with E-state index in [1.54, 1.807) is 32.2 Å². The van der Waals surface area contributed by atoms with E-state index in [-0.39, 0.29) is 16.0 Å². The molecule has 0 saturated heterocycles. The summed E-state index contributed by atoms with van der Waals surface area (Å²) in [5, 5.41) is 10.4. The molecule has 2 aromatic rings. The van der Waals surface area contributed by atoms with E-state index in [4.69, 9.17) is 21.7 Å². The topological polar surface area (TPSA) is 81.5 Å². The van der Waals surface area contributed by atoms with Crippen molar-refractivity contribution < 1.29 is 9.47 Å². The van der Waals surface area contributed by atoms with E-state index in [9.17, 15) is 4.79 Å². The molecule has 1 N–H and O–H groups in total. The fourth-order valence-electron chi connectivity index (χ4n) is 1.71. The lowest BCUT2D eigenvalue weighted by Crippen LogP contribution is -2.22. The molecule has 110 valence electrons. The van der Waals surface area contributed by atoms with Crippen LogP contribution < -0.4 is 15.0 Å². The summed E-state index contributed by atoms with van der Waals surface area (Å²) in [5.41, 5.74) is 0.558. The van der Waals surface area contributed by atoms with Crippen molar-refractivity contribution in [3.8, 4) is 11.5 Å². The van der Waals surface area contributed by atoms with Crippen molar-refractivity contribution in [3.05, 3.63) is 44.6 Å². The zero-order valence-corrected chi connectivity index (χ0v) is 12.6. The Balaban J connectivity index is 2.51. The number of methoxy groups -OCH3 is 2. The lowest BCUT2D eigenvalue weighted by Gasteiger charge is -2.09. The van der Waals surface area contributed by atoms with Gasteiger partial charge in [0, 0.05) is 5.56 Å². The SMILES string of the molecule is COc1cccc(/C=N/n2c(=S)[nH]nc(C)c2=O)c1OC. The second kappa shape index (κ2) is 6.31. The van der Waals surface area contributed by atoms with Crippen molar-refractivity contribution in [2.75, 3.05) is 14.2 Å². The number of nitrogens with zero attached hydrogens (tertiary/aromatic N) is 3. The first kappa shape index (κ1) is 14.9. The smallest absolute Gasteiger partial charge is 0.296 e. The molecule has 8 heteroatoms. The number of rotatable bonds is 4. The molecule has 0 aliphatic rings. The highest BCUT2D eigenvalue weighted by Gasteiger charge is 2.08. The molecule has 0 radical (unpaired) electrons. The number of ether oxygens (including phenoxy) is 2. The van der Waals surface area contributed by atoms with Gasteiger partial charge in [0.2, 0.25) is 4.77 Å². The van der Waals surface area contributed by atoms with E-state index < -0.39 is 0 Å². The monoisotopic (exact) mass is 306 g/mol. The Morgan fingerprint density at radius 1 is 1.38 bits per heavy atom. The van der Waals surface area contributed by atoms with Crippen LogP contribution >= 0.6 is 12.2 Å². The van der Waals surface area contributed by atoms with Crippen molar-refractivity contribution in [3.63, 3.8) is 0 Å². The molecule has 0 saturated carbocycles. The van der Waals surface area contributed by atoms with Crippen LogP contribution in [0.1, 0.15) is 11.3 Å². The van der Waals surface area contributed by atoms with Gasteiger partial charge in [-0.3, -0.25) is 9.89 Å². The second-order valence-corrected chi connectivity index (χ2v) is 4.45. The van der Waals surface area contributed by atoms with Crippen LogP contribution in [-0.2, 0) is 0 Å². The third kappa shape index (κ3) is 3.00. The van der Waals surface area contributed by atoms with Crippen molar-refractivity contribution >= 4 is 18.4 Å². The second-order valence-electron chi connectivity index (χ2n) is 4.06. The van der Waals surface area contributed by atoms with Crippen LogP contribution in [0.5, 0.6) is 11.5 Å². The quantitative estimate of drug-likeness (QED) is 0.684. The number of aryl methyl sites for hydroxylation is 1. The predicted molar refractivity (Wildman–Crippen MR) is 81.0 cm³/mol. The summed E-state index contributed by atoms with van der Waals surface area (Å²) in [7, 11) is 3.08.